The van der Waals surface area contributed by atoms with Crippen molar-refractivity contribution in [3.05, 3.63) is 35.9 Å². The van der Waals surface area contributed by atoms with Crippen LogP contribution in [0.4, 0.5) is 0 Å². The smallest absolute Gasteiger partial charge is 0.222 e. The molecule has 2 aliphatic heterocycles. The summed E-state index contributed by atoms with van der Waals surface area (Å²) in [6.45, 7) is 3.34. The number of likely N-dealkylation sites (tertiary alicyclic amines) is 2. The maximum absolute atomic E-state index is 12.4. The van der Waals surface area contributed by atoms with E-state index in [2.05, 4.69) is 30.3 Å². The maximum atomic E-state index is 12.4. The number of benzene rings is 1. The number of nitrogens with zero attached hydrogens (tertiary/aromatic N) is 2. The summed E-state index contributed by atoms with van der Waals surface area (Å²) in [6, 6.07) is 10.6. The van der Waals surface area contributed by atoms with E-state index in [1.165, 1.54) is 5.56 Å². The topological polar surface area (TPSA) is 40.6 Å². The van der Waals surface area contributed by atoms with Crippen LogP contribution >= 0.6 is 0 Å². The SMILES string of the molecule is O=C1CCCCN1CCCC(=O)N1CCC(c2ccccc2)CC1. The van der Waals surface area contributed by atoms with Gasteiger partial charge in [-0.25, -0.2) is 0 Å². The predicted molar refractivity (Wildman–Crippen MR) is 94.7 cm³/mol. The Morgan fingerprint density at radius 3 is 2.50 bits per heavy atom. The zero-order chi connectivity index (χ0) is 16.8. The Kier molecular flexibility index (Phi) is 5.89. The van der Waals surface area contributed by atoms with Gasteiger partial charge in [0.2, 0.25) is 11.8 Å². The van der Waals surface area contributed by atoms with Crippen molar-refractivity contribution < 1.29 is 9.59 Å². The summed E-state index contributed by atoms with van der Waals surface area (Å²) in [5.41, 5.74) is 1.40. The van der Waals surface area contributed by atoms with E-state index >= 15 is 0 Å². The molecule has 2 saturated heterocycles. The zero-order valence-corrected chi connectivity index (χ0v) is 14.5. The molecule has 0 radical (unpaired) electrons. The Labute approximate surface area is 144 Å². The lowest BCUT2D eigenvalue weighted by Crippen LogP contribution is -2.39. The van der Waals surface area contributed by atoms with Crippen LogP contribution in [0.2, 0.25) is 0 Å². The molecular formula is C20H28N2O2. The summed E-state index contributed by atoms with van der Waals surface area (Å²) < 4.78 is 0. The fraction of sp³-hybridized carbons (Fsp3) is 0.600. The first kappa shape index (κ1) is 17.0. The normalized spacial score (nSPS) is 19.6. The summed E-state index contributed by atoms with van der Waals surface area (Å²) in [5.74, 6) is 1.10. The molecule has 1 aromatic rings. The first-order valence-electron chi connectivity index (χ1n) is 9.34. The van der Waals surface area contributed by atoms with Crippen molar-refractivity contribution in [2.24, 2.45) is 0 Å². The molecule has 130 valence electrons. The predicted octanol–water partition coefficient (Wildman–Crippen LogP) is 3.19. The lowest BCUT2D eigenvalue weighted by Gasteiger charge is -2.32. The number of hydrogen-bond acceptors (Lipinski definition) is 2. The van der Waals surface area contributed by atoms with Gasteiger partial charge in [-0.1, -0.05) is 30.3 Å². The molecule has 0 bridgehead atoms. The van der Waals surface area contributed by atoms with E-state index < -0.39 is 0 Å². The molecule has 2 heterocycles. The van der Waals surface area contributed by atoms with Gasteiger partial charge in [0.1, 0.15) is 0 Å². The van der Waals surface area contributed by atoms with Crippen LogP contribution in [0.1, 0.15) is 56.4 Å². The van der Waals surface area contributed by atoms with Crippen LogP contribution < -0.4 is 0 Å². The van der Waals surface area contributed by atoms with Crippen molar-refractivity contribution in [1.29, 1.82) is 0 Å². The summed E-state index contributed by atoms with van der Waals surface area (Å²) in [5, 5.41) is 0. The minimum atomic E-state index is 0.256. The first-order valence-corrected chi connectivity index (χ1v) is 9.34. The van der Waals surface area contributed by atoms with E-state index in [0.717, 1.165) is 58.3 Å². The number of rotatable bonds is 5. The minimum absolute atomic E-state index is 0.256. The molecule has 2 amide bonds. The largest absolute Gasteiger partial charge is 0.343 e. The van der Waals surface area contributed by atoms with Gasteiger partial charge in [-0.05, 0) is 43.6 Å². The van der Waals surface area contributed by atoms with E-state index in [1.807, 2.05) is 9.80 Å². The van der Waals surface area contributed by atoms with E-state index in [-0.39, 0.29) is 11.8 Å². The van der Waals surface area contributed by atoms with Crippen LogP contribution in [0.25, 0.3) is 0 Å². The Bertz CT molecular complexity index is 550. The molecule has 3 rings (SSSR count). The average molecular weight is 328 g/mol. The van der Waals surface area contributed by atoms with Crippen LogP contribution in [0.5, 0.6) is 0 Å². The molecule has 2 fully saturated rings. The molecule has 0 unspecified atom stereocenters. The van der Waals surface area contributed by atoms with E-state index in [0.29, 0.717) is 18.8 Å². The van der Waals surface area contributed by atoms with Crippen LogP contribution in [-0.2, 0) is 9.59 Å². The van der Waals surface area contributed by atoms with Crippen molar-refractivity contribution >= 4 is 11.8 Å². The van der Waals surface area contributed by atoms with Gasteiger partial charge in [-0.3, -0.25) is 9.59 Å². The summed E-state index contributed by atoms with van der Waals surface area (Å²) in [6.07, 6.45) is 6.28. The molecule has 0 spiro atoms. The molecule has 24 heavy (non-hydrogen) atoms. The fourth-order valence-corrected chi connectivity index (χ4v) is 3.86. The molecule has 0 atom stereocenters. The standard InChI is InChI=1S/C20H28N2O2/c23-19-9-4-5-13-21(19)14-6-10-20(24)22-15-11-18(12-16-22)17-7-2-1-3-8-17/h1-3,7-8,18H,4-6,9-16H2. The van der Waals surface area contributed by atoms with Crippen molar-refractivity contribution in [3.8, 4) is 0 Å². The van der Waals surface area contributed by atoms with Gasteiger partial charge in [0.15, 0.2) is 0 Å². The highest BCUT2D eigenvalue weighted by Gasteiger charge is 2.24. The Morgan fingerprint density at radius 1 is 1.04 bits per heavy atom. The Hall–Kier alpha value is -1.84. The van der Waals surface area contributed by atoms with Crippen LogP contribution in [0.15, 0.2) is 30.3 Å². The van der Waals surface area contributed by atoms with Crippen molar-refractivity contribution in [1.82, 2.24) is 9.80 Å². The van der Waals surface area contributed by atoms with E-state index in [4.69, 9.17) is 0 Å². The number of piperidine rings is 2. The van der Waals surface area contributed by atoms with Crippen LogP contribution in [0.3, 0.4) is 0 Å². The third-order valence-electron chi connectivity index (χ3n) is 5.36. The molecule has 0 aliphatic carbocycles. The van der Waals surface area contributed by atoms with Gasteiger partial charge in [0.05, 0.1) is 0 Å². The maximum Gasteiger partial charge on any atom is 0.222 e. The lowest BCUT2D eigenvalue weighted by atomic mass is 9.89. The number of hydrogen-bond donors (Lipinski definition) is 0. The number of carbonyl (C=O) groups excluding carboxylic acids is 2. The summed E-state index contributed by atoms with van der Waals surface area (Å²) in [4.78, 5) is 28.1. The van der Waals surface area contributed by atoms with E-state index in [1.54, 1.807) is 0 Å². The molecule has 0 saturated carbocycles. The molecule has 4 heteroatoms. The zero-order valence-electron chi connectivity index (χ0n) is 14.5. The average Bonchev–Trinajstić information content (AvgIpc) is 2.64. The van der Waals surface area contributed by atoms with E-state index in [9.17, 15) is 9.59 Å². The highest BCUT2D eigenvalue weighted by Crippen LogP contribution is 2.28. The van der Waals surface area contributed by atoms with Gasteiger partial charge in [0.25, 0.3) is 0 Å². The Balaban J connectivity index is 1.38. The molecule has 4 nitrogen and oxygen atoms in total. The lowest BCUT2D eigenvalue weighted by molar-refractivity contribution is -0.135. The first-order chi connectivity index (χ1) is 11.7. The number of amides is 2. The van der Waals surface area contributed by atoms with Gasteiger partial charge in [-0.2, -0.15) is 0 Å². The number of carbonyl (C=O) groups is 2. The fourth-order valence-electron chi connectivity index (χ4n) is 3.86. The monoisotopic (exact) mass is 328 g/mol. The summed E-state index contributed by atoms with van der Waals surface area (Å²) >= 11 is 0. The second kappa shape index (κ2) is 8.32. The highest BCUT2D eigenvalue weighted by molar-refractivity contribution is 5.77. The van der Waals surface area contributed by atoms with Crippen LogP contribution in [0, 0.1) is 0 Å². The van der Waals surface area contributed by atoms with Crippen molar-refractivity contribution in [2.75, 3.05) is 26.2 Å². The molecule has 1 aromatic carbocycles. The van der Waals surface area contributed by atoms with Gasteiger partial charge in [-0.15, -0.1) is 0 Å². The molecule has 0 N–H and O–H groups in total. The van der Waals surface area contributed by atoms with Gasteiger partial charge < -0.3 is 9.80 Å². The third kappa shape index (κ3) is 4.37. The molecular weight excluding hydrogens is 300 g/mol. The summed E-state index contributed by atoms with van der Waals surface area (Å²) in [7, 11) is 0. The Morgan fingerprint density at radius 2 is 1.79 bits per heavy atom. The molecule has 2 aliphatic rings. The third-order valence-corrected chi connectivity index (χ3v) is 5.36. The van der Waals surface area contributed by atoms with Gasteiger partial charge in [0, 0.05) is 39.0 Å². The highest BCUT2D eigenvalue weighted by atomic mass is 16.2. The second-order valence-electron chi connectivity index (χ2n) is 7.01. The minimum Gasteiger partial charge on any atom is -0.343 e. The second-order valence-corrected chi connectivity index (χ2v) is 7.01. The quantitative estimate of drug-likeness (QED) is 0.833. The van der Waals surface area contributed by atoms with Crippen molar-refractivity contribution in [3.63, 3.8) is 0 Å². The van der Waals surface area contributed by atoms with Crippen molar-refractivity contribution in [2.45, 2.75) is 50.9 Å². The van der Waals surface area contributed by atoms with Gasteiger partial charge >= 0.3 is 0 Å². The van der Waals surface area contributed by atoms with Crippen LogP contribution in [-0.4, -0.2) is 47.8 Å². The molecule has 0 aromatic heterocycles.